The van der Waals surface area contributed by atoms with Gasteiger partial charge in [0.25, 0.3) is 0 Å². The molecule has 0 saturated heterocycles. The van der Waals surface area contributed by atoms with Crippen LogP contribution in [0.25, 0.3) is 16.3 Å². The van der Waals surface area contributed by atoms with E-state index in [0.29, 0.717) is 12.5 Å². The van der Waals surface area contributed by atoms with Gasteiger partial charge in [-0.25, -0.2) is 0 Å². The Morgan fingerprint density at radius 3 is 2.91 bits per heavy atom. The summed E-state index contributed by atoms with van der Waals surface area (Å²) in [6, 6.07) is 12.9. The minimum atomic E-state index is -0.153. The zero-order valence-corrected chi connectivity index (χ0v) is 13.5. The maximum Gasteiger partial charge on any atom is 0.135 e. The third kappa shape index (κ3) is 1.73. The second-order valence-corrected chi connectivity index (χ2v) is 7.61. The fourth-order valence-electron chi connectivity index (χ4n) is 5.18. The highest BCUT2D eigenvalue weighted by Crippen LogP contribution is 2.57. The molecule has 23 heavy (non-hydrogen) atoms. The molecule has 2 aromatic rings. The highest BCUT2D eigenvalue weighted by molar-refractivity contribution is 5.94. The molecule has 2 nitrogen and oxygen atoms in total. The molecule has 0 spiro atoms. The fourth-order valence-corrected chi connectivity index (χ4v) is 5.18. The van der Waals surface area contributed by atoms with Gasteiger partial charge < -0.3 is 9.84 Å². The molecule has 0 radical (unpaired) electrons. The average molecular weight is 306 g/mol. The monoisotopic (exact) mass is 306 g/mol. The Bertz CT molecular complexity index is 835. The van der Waals surface area contributed by atoms with Crippen molar-refractivity contribution in [3.63, 3.8) is 0 Å². The maximum absolute atomic E-state index is 10.4. The van der Waals surface area contributed by atoms with Crippen LogP contribution in [-0.4, -0.2) is 17.8 Å². The second-order valence-electron chi connectivity index (χ2n) is 7.61. The molecular formula is C21H22O2. The number of fused-ring (bicyclic) bond motifs is 6. The van der Waals surface area contributed by atoms with Crippen molar-refractivity contribution in [2.75, 3.05) is 6.61 Å². The van der Waals surface area contributed by atoms with E-state index in [2.05, 4.69) is 43.3 Å². The van der Waals surface area contributed by atoms with Crippen molar-refractivity contribution in [2.24, 2.45) is 11.3 Å². The molecule has 3 atom stereocenters. The number of benzene rings is 2. The van der Waals surface area contributed by atoms with Crippen LogP contribution in [0.5, 0.6) is 5.75 Å². The van der Waals surface area contributed by atoms with E-state index in [1.807, 2.05) is 0 Å². The third-order valence-electron chi connectivity index (χ3n) is 6.58. The van der Waals surface area contributed by atoms with Gasteiger partial charge in [0.2, 0.25) is 0 Å². The molecule has 1 N–H and O–H groups in total. The van der Waals surface area contributed by atoms with Gasteiger partial charge in [-0.3, -0.25) is 0 Å². The lowest BCUT2D eigenvalue weighted by Gasteiger charge is -2.43. The van der Waals surface area contributed by atoms with E-state index >= 15 is 0 Å². The van der Waals surface area contributed by atoms with Crippen LogP contribution in [0, 0.1) is 11.3 Å². The van der Waals surface area contributed by atoms with Crippen LogP contribution < -0.4 is 4.74 Å². The van der Waals surface area contributed by atoms with E-state index in [1.54, 1.807) is 0 Å². The van der Waals surface area contributed by atoms with Crippen molar-refractivity contribution in [1.29, 1.82) is 0 Å². The zero-order valence-electron chi connectivity index (χ0n) is 13.5. The van der Waals surface area contributed by atoms with Crippen molar-refractivity contribution in [3.05, 3.63) is 47.5 Å². The largest absolute Gasteiger partial charge is 0.488 e. The topological polar surface area (TPSA) is 29.5 Å². The lowest BCUT2D eigenvalue weighted by atomic mass is 9.64. The van der Waals surface area contributed by atoms with Crippen LogP contribution in [-0.2, 0) is 0 Å². The lowest BCUT2D eigenvalue weighted by molar-refractivity contribution is 0.0360. The SMILES string of the molecule is C[C@]12CCC3=C(COc4c3ccc3ccccc43)[C@@H]1CCC2O. The van der Waals surface area contributed by atoms with Gasteiger partial charge >= 0.3 is 0 Å². The van der Waals surface area contributed by atoms with E-state index in [9.17, 15) is 5.11 Å². The van der Waals surface area contributed by atoms with Crippen molar-refractivity contribution >= 4 is 16.3 Å². The van der Waals surface area contributed by atoms with E-state index in [-0.39, 0.29) is 11.5 Å². The number of aliphatic hydroxyl groups is 1. The molecule has 1 aliphatic heterocycles. The first-order valence-electron chi connectivity index (χ1n) is 8.73. The van der Waals surface area contributed by atoms with E-state index in [1.165, 1.54) is 27.5 Å². The molecule has 5 rings (SSSR count). The van der Waals surface area contributed by atoms with E-state index in [0.717, 1.165) is 31.4 Å². The molecule has 0 amide bonds. The van der Waals surface area contributed by atoms with Crippen LogP contribution in [0.4, 0.5) is 0 Å². The van der Waals surface area contributed by atoms with Crippen molar-refractivity contribution in [2.45, 2.75) is 38.7 Å². The molecule has 1 heterocycles. The quantitative estimate of drug-likeness (QED) is 0.773. The molecule has 118 valence electrons. The Labute approximate surface area is 136 Å². The molecule has 2 aliphatic carbocycles. The maximum atomic E-state index is 10.4. The Balaban J connectivity index is 1.70. The number of allylic oxidation sites excluding steroid dienone is 1. The van der Waals surface area contributed by atoms with Gasteiger partial charge in [-0.2, -0.15) is 0 Å². The number of hydrogen-bond acceptors (Lipinski definition) is 2. The number of aliphatic hydroxyl groups excluding tert-OH is 1. The summed E-state index contributed by atoms with van der Waals surface area (Å²) in [5, 5.41) is 12.9. The number of ether oxygens (including phenoxy) is 1. The second kappa shape index (κ2) is 4.61. The molecule has 0 aromatic heterocycles. The van der Waals surface area contributed by atoms with Gasteiger partial charge in [0.1, 0.15) is 12.4 Å². The minimum absolute atomic E-state index is 0.0521. The summed E-state index contributed by atoms with van der Waals surface area (Å²) in [6.07, 6.45) is 4.03. The molecule has 3 aliphatic rings. The third-order valence-corrected chi connectivity index (χ3v) is 6.58. The highest BCUT2D eigenvalue weighted by Gasteiger charge is 2.50. The van der Waals surface area contributed by atoms with Crippen molar-refractivity contribution in [1.82, 2.24) is 0 Å². The molecule has 1 fully saturated rings. The predicted molar refractivity (Wildman–Crippen MR) is 92.4 cm³/mol. The Morgan fingerprint density at radius 1 is 1.13 bits per heavy atom. The molecule has 0 bridgehead atoms. The van der Waals surface area contributed by atoms with E-state index < -0.39 is 0 Å². The minimum Gasteiger partial charge on any atom is -0.488 e. The van der Waals surface area contributed by atoms with Crippen LogP contribution >= 0.6 is 0 Å². The first-order chi connectivity index (χ1) is 11.2. The summed E-state index contributed by atoms with van der Waals surface area (Å²) >= 11 is 0. The van der Waals surface area contributed by atoms with Crippen molar-refractivity contribution in [3.8, 4) is 5.75 Å². The van der Waals surface area contributed by atoms with Gasteiger partial charge in [0.05, 0.1) is 6.10 Å². The molecular weight excluding hydrogens is 284 g/mol. The fraction of sp³-hybridized carbons (Fsp3) is 0.429. The van der Waals surface area contributed by atoms with Gasteiger partial charge in [0.15, 0.2) is 0 Å². The van der Waals surface area contributed by atoms with Crippen LogP contribution in [0.2, 0.25) is 0 Å². The van der Waals surface area contributed by atoms with Crippen LogP contribution in [0.15, 0.2) is 42.0 Å². The zero-order chi connectivity index (χ0) is 15.6. The van der Waals surface area contributed by atoms with Gasteiger partial charge in [0, 0.05) is 16.4 Å². The van der Waals surface area contributed by atoms with Gasteiger partial charge in [-0.05, 0) is 48.1 Å². The van der Waals surface area contributed by atoms with E-state index in [4.69, 9.17) is 4.74 Å². The number of rotatable bonds is 0. The average Bonchev–Trinajstić information content (AvgIpc) is 2.89. The summed E-state index contributed by atoms with van der Waals surface area (Å²) in [7, 11) is 0. The van der Waals surface area contributed by atoms with Crippen molar-refractivity contribution < 1.29 is 9.84 Å². The summed E-state index contributed by atoms with van der Waals surface area (Å²) in [4.78, 5) is 0. The molecule has 1 saturated carbocycles. The Kier molecular flexibility index (Phi) is 2.73. The van der Waals surface area contributed by atoms with Gasteiger partial charge in [-0.15, -0.1) is 0 Å². The first kappa shape index (κ1) is 13.6. The van der Waals surface area contributed by atoms with Crippen LogP contribution in [0.1, 0.15) is 38.2 Å². The number of hydrogen-bond donors (Lipinski definition) is 1. The molecule has 1 unspecified atom stereocenters. The normalized spacial score (nSPS) is 32.3. The highest BCUT2D eigenvalue weighted by atomic mass is 16.5. The molecule has 2 aromatic carbocycles. The molecule has 2 heteroatoms. The Hall–Kier alpha value is -1.80. The standard InChI is InChI=1S/C21H22O2/c1-21-11-10-15-16-7-6-13-4-2-3-5-14(13)20(16)23-12-17(15)18(21)8-9-19(21)22/h2-7,18-19,22H,8-12H2,1H3/t18-,19?,21-/m0/s1. The Morgan fingerprint density at radius 2 is 2.00 bits per heavy atom. The lowest BCUT2D eigenvalue weighted by Crippen LogP contribution is -2.38. The van der Waals surface area contributed by atoms with Gasteiger partial charge in [-0.1, -0.05) is 43.3 Å². The summed E-state index contributed by atoms with van der Waals surface area (Å²) in [5.41, 5.74) is 4.29. The summed E-state index contributed by atoms with van der Waals surface area (Å²) in [5.74, 6) is 1.55. The first-order valence-corrected chi connectivity index (χ1v) is 8.73. The smallest absolute Gasteiger partial charge is 0.135 e. The summed E-state index contributed by atoms with van der Waals surface area (Å²) < 4.78 is 6.26. The predicted octanol–water partition coefficient (Wildman–Crippen LogP) is 4.56. The van der Waals surface area contributed by atoms with Crippen LogP contribution in [0.3, 0.4) is 0 Å². The summed E-state index contributed by atoms with van der Waals surface area (Å²) in [6.45, 7) is 2.97.